The van der Waals surface area contributed by atoms with Gasteiger partial charge in [-0.15, -0.1) is 0 Å². The quantitative estimate of drug-likeness (QED) is 0.875. The van der Waals surface area contributed by atoms with Gasteiger partial charge in [-0.2, -0.15) is 5.10 Å². The van der Waals surface area contributed by atoms with E-state index in [4.69, 9.17) is 0 Å². The van der Waals surface area contributed by atoms with Gasteiger partial charge in [0.2, 0.25) is 0 Å². The number of amides is 1. The highest BCUT2D eigenvalue weighted by Gasteiger charge is 2.17. The molecule has 2 heterocycles. The summed E-state index contributed by atoms with van der Waals surface area (Å²) < 4.78 is 1.80. The van der Waals surface area contributed by atoms with Gasteiger partial charge < -0.3 is 10.6 Å². The van der Waals surface area contributed by atoms with Crippen LogP contribution in [0.1, 0.15) is 16.1 Å². The van der Waals surface area contributed by atoms with Crippen molar-refractivity contribution in [2.24, 2.45) is 5.92 Å². The molecule has 2 aromatic rings. The van der Waals surface area contributed by atoms with Crippen molar-refractivity contribution in [3.05, 3.63) is 47.8 Å². The number of carbonyl (C=O) groups excluding carboxylic acids is 1. The van der Waals surface area contributed by atoms with Gasteiger partial charge >= 0.3 is 0 Å². The van der Waals surface area contributed by atoms with E-state index in [9.17, 15) is 4.79 Å². The van der Waals surface area contributed by atoms with E-state index in [1.807, 2.05) is 43.5 Å². The maximum absolute atomic E-state index is 12.0. The molecule has 1 aromatic heterocycles. The average molecular weight is 270 g/mol. The van der Waals surface area contributed by atoms with E-state index in [1.165, 1.54) is 0 Å². The zero-order valence-corrected chi connectivity index (χ0v) is 11.5. The topological polar surface area (TPSA) is 59.0 Å². The standard InChI is InChI=1S/C15H18N4O/c1-11-6-7-19(18-11)14-4-2-13(3-5-14)15(20)17-10-12-8-16-9-12/h2-7,12,16H,8-10H2,1H3,(H,17,20). The minimum absolute atomic E-state index is 0.0138. The van der Waals surface area contributed by atoms with Crippen LogP contribution in [0.5, 0.6) is 0 Å². The van der Waals surface area contributed by atoms with Crippen LogP contribution < -0.4 is 10.6 Å². The summed E-state index contributed by atoms with van der Waals surface area (Å²) in [6.07, 6.45) is 1.91. The molecular weight excluding hydrogens is 252 g/mol. The van der Waals surface area contributed by atoms with Gasteiger partial charge in [-0.1, -0.05) is 0 Å². The number of aryl methyl sites for hydroxylation is 1. The number of carbonyl (C=O) groups is 1. The fourth-order valence-electron chi connectivity index (χ4n) is 2.16. The summed E-state index contributed by atoms with van der Waals surface area (Å²) in [5.74, 6) is 0.561. The Morgan fingerprint density at radius 1 is 1.35 bits per heavy atom. The molecule has 0 spiro atoms. The number of hydrogen-bond donors (Lipinski definition) is 2. The molecule has 0 atom stereocenters. The maximum Gasteiger partial charge on any atom is 0.251 e. The van der Waals surface area contributed by atoms with Crippen molar-refractivity contribution in [1.82, 2.24) is 20.4 Å². The molecule has 0 radical (unpaired) electrons. The van der Waals surface area contributed by atoms with Crippen molar-refractivity contribution in [2.45, 2.75) is 6.92 Å². The summed E-state index contributed by atoms with van der Waals surface area (Å²) in [6, 6.07) is 9.44. The van der Waals surface area contributed by atoms with Gasteiger partial charge in [0.25, 0.3) is 5.91 Å². The molecule has 20 heavy (non-hydrogen) atoms. The lowest BCUT2D eigenvalue weighted by molar-refractivity contribution is 0.0942. The Kier molecular flexibility index (Phi) is 3.52. The van der Waals surface area contributed by atoms with Crippen molar-refractivity contribution in [3.63, 3.8) is 0 Å². The summed E-state index contributed by atoms with van der Waals surface area (Å²) in [5, 5.41) is 10.5. The van der Waals surface area contributed by atoms with Crippen LogP contribution in [0.15, 0.2) is 36.5 Å². The highest BCUT2D eigenvalue weighted by atomic mass is 16.1. The van der Waals surface area contributed by atoms with Gasteiger partial charge in [0.1, 0.15) is 0 Å². The zero-order valence-electron chi connectivity index (χ0n) is 11.5. The molecule has 1 aliphatic heterocycles. The van der Waals surface area contributed by atoms with Gasteiger partial charge in [-0.05, 0) is 37.3 Å². The number of nitrogens with one attached hydrogen (secondary N) is 2. The van der Waals surface area contributed by atoms with E-state index >= 15 is 0 Å². The van der Waals surface area contributed by atoms with Gasteiger partial charge in [0.05, 0.1) is 11.4 Å². The Bertz CT molecular complexity index is 599. The molecule has 1 aliphatic rings. The zero-order chi connectivity index (χ0) is 13.9. The van der Waals surface area contributed by atoms with E-state index in [2.05, 4.69) is 15.7 Å². The summed E-state index contributed by atoms with van der Waals surface area (Å²) in [5.41, 5.74) is 2.61. The molecule has 104 valence electrons. The molecule has 5 heteroatoms. The van der Waals surface area contributed by atoms with Crippen LogP contribution in [0.25, 0.3) is 5.69 Å². The molecule has 1 fully saturated rings. The third-order valence-corrected chi connectivity index (χ3v) is 3.53. The van der Waals surface area contributed by atoms with Gasteiger partial charge in [-0.3, -0.25) is 4.79 Å². The van der Waals surface area contributed by atoms with E-state index in [-0.39, 0.29) is 5.91 Å². The number of benzene rings is 1. The second-order valence-corrected chi connectivity index (χ2v) is 5.18. The fourth-order valence-corrected chi connectivity index (χ4v) is 2.16. The number of hydrogen-bond acceptors (Lipinski definition) is 3. The average Bonchev–Trinajstić information content (AvgIpc) is 2.84. The molecule has 0 aliphatic carbocycles. The third-order valence-electron chi connectivity index (χ3n) is 3.53. The first-order chi connectivity index (χ1) is 9.72. The number of nitrogens with zero attached hydrogens (tertiary/aromatic N) is 2. The Hall–Kier alpha value is -2.14. The molecule has 1 amide bonds. The predicted octanol–water partition coefficient (Wildman–Crippen LogP) is 1.13. The SMILES string of the molecule is Cc1ccn(-c2ccc(C(=O)NCC3CNC3)cc2)n1. The summed E-state index contributed by atoms with van der Waals surface area (Å²) in [6.45, 7) is 4.69. The van der Waals surface area contributed by atoms with Crippen LogP contribution in [-0.4, -0.2) is 35.3 Å². The van der Waals surface area contributed by atoms with Crippen molar-refractivity contribution >= 4 is 5.91 Å². The maximum atomic E-state index is 12.0. The van der Waals surface area contributed by atoms with Gasteiger partial charge in [0, 0.05) is 37.3 Å². The molecule has 0 unspecified atom stereocenters. The van der Waals surface area contributed by atoms with Crippen molar-refractivity contribution in [2.75, 3.05) is 19.6 Å². The molecule has 1 saturated heterocycles. The first-order valence-electron chi connectivity index (χ1n) is 6.84. The minimum atomic E-state index is -0.0138. The van der Waals surface area contributed by atoms with E-state index in [0.717, 1.165) is 31.0 Å². The van der Waals surface area contributed by atoms with Crippen LogP contribution in [0, 0.1) is 12.8 Å². The first-order valence-corrected chi connectivity index (χ1v) is 6.84. The normalized spacial score (nSPS) is 14.8. The van der Waals surface area contributed by atoms with Crippen LogP contribution in [0.3, 0.4) is 0 Å². The largest absolute Gasteiger partial charge is 0.352 e. The first kappa shape index (κ1) is 12.9. The summed E-state index contributed by atoms with van der Waals surface area (Å²) >= 11 is 0. The number of rotatable bonds is 4. The summed E-state index contributed by atoms with van der Waals surface area (Å²) in [4.78, 5) is 12.0. The lowest BCUT2D eigenvalue weighted by Crippen LogP contribution is -2.48. The van der Waals surface area contributed by atoms with Crippen molar-refractivity contribution in [3.8, 4) is 5.69 Å². The van der Waals surface area contributed by atoms with Gasteiger partial charge in [-0.25, -0.2) is 4.68 Å². The Morgan fingerprint density at radius 3 is 2.65 bits per heavy atom. The molecule has 0 saturated carbocycles. The van der Waals surface area contributed by atoms with Crippen molar-refractivity contribution < 1.29 is 4.79 Å². The second kappa shape index (κ2) is 5.46. The predicted molar refractivity (Wildman–Crippen MR) is 77.0 cm³/mol. The fraction of sp³-hybridized carbons (Fsp3) is 0.333. The third kappa shape index (κ3) is 2.72. The molecule has 5 nitrogen and oxygen atoms in total. The van der Waals surface area contributed by atoms with Gasteiger partial charge in [0.15, 0.2) is 0 Å². The van der Waals surface area contributed by atoms with Crippen LogP contribution in [-0.2, 0) is 0 Å². The molecule has 0 bridgehead atoms. The lowest BCUT2D eigenvalue weighted by atomic mass is 10.0. The molecule has 1 aromatic carbocycles. The smallest absolute Gasteiger partial charge is 0.251 e. The van der Waals surface area contributed by atoms with Crippen LogP contribution >= 0.6 is 0 Å². The highest BCUT2D eigenvalue weighted by Crippen LogP contribution is 2.10. The van der Waals surface area contributed by atoms with E-state index in [1.54, 1.807) is 4.68 Å². The summed E-state index contributed by atoms with van der Waals surface area (Å²) in [7, 11) is 0. The Balaban J connectivity index is 1.64. The Morgan fingerprint density at radius 2 is 2.10 bits per heavy atom. The van der Waals surface area contributed by atoms with E-state index < -0.39 is 0 Å². The van der Waals surface area contributed by atoms with Crippen LogP contribution in [0.2, 0.25) is 0 Å². The monoisotopic (exact) mass is 270 g/mol. The molecular formula is C15H18N4O. The number of aromatic nitrogens is 2. The van der Waals surface area contributed by atoms with Crippen LogP contribution in [0.4, 0.5) is 0 Å². The van der Waals surface area contributed by atoms with Crippen molar-refractivity contribution in [1.29, 1.82) is 0 Å². The molecule has 2 N–H and O–H groups in total. The molecule has 3 rings (SSSR count). The Labute approximate surface area is 118 Å². The van der Waals surface area contributed by atoms with E-state index in [0.29, 0.717) is 11.5 Å². The minimum Gasteiger partial charge on any atom is -0.352 e. The highest BCUT2D eigenvalue weighted by molar-refractivity contribution is 5.94. The lowest BCUT2D eigenvalue weighted by Gasteiger charge is -2.27. The second-order valence-electron chi connectivity index (χ2n) is 5.18.